The lowest BCUT2D eigenvalue weighted by molar-refractivity contribution is -0.131. The number of carboxylic acid groups (broad SMARTS) is 1. The van der Waals surface area contributed by atoms with Crippen LogP contribution in [0.4, 0.5) is 0 Å². The van der Waals surface area contributed by atoms with Crippen LogP contribution in [-0.2, 0) is 4.79 Å². The molecule has 0 atom stereocenters. The first-order valence-corrected chi connectivity index (χ1v) is 6.65. The molecular formula is C15H12BrNO3. The maximum absolute atomic E-state index is 10.4. The summed E-state index contributed by atoms with van der Waals surface area (Å²) in [6.45, 7) is 1.98. The second-order valence-corrected chi connectivity index (χ2v) is 4.97. The molecule has 0 radical (unpaired) electrons. The molecule has 0 saturated heterocycles. The summed E-state index contributed by atoms with van der Waals surface area (Å²) >= 11 is 3.43. The van der Waals surface area contributed by atoms with Crippen LogP contribution in [0.3, 0.4) is 0 Å². The molecule has 20 heavy (non-hydrogen) atoms. The van der Waals surface area contributed by atoms with E-state index in [9.17, 15) is 4.79 Å². The Hall–Kier alpha value is -2.14. The van der Waals surface area contributed by atoms with E-state index in [-0.39, 0.29) is 0 Å². The van der Waals surface area contributed by atoms with E-state index in [1.165, 1.54) is 6.08 Å². The van der Waals surface area contributed by atoms with Gasteiger partial charge >= 0.3 is 5.97 Å². The average molecular weight is 334 g/mol. The Bertz CT molecular complexity index is 651. The standard InChI is InChI=1S/C15H12BrNO3/c1-10-8-12(4-5-13(10)16)20-14-6-2-11(9-17-14)3-7-15(18)19/h2-9H,1H3,(H,18,19)/b7-3+. The van der Waals surface area contributed by atoms with Gasteiger partial charge in [0.15, 0.2) is 0 Å². The van der Waals surface area contributed by atoms with Crippen LogP contribution >= 0.6 is 15.9 Å². The first kappa shape index (κ1) is 14.3. The van der Waals surface area contributed by atoms with E-state index >= 15 is 0 Å². The van der Waals surface area contributed by atoms with Gasteiger partial charge in [0.25, 0.3) is 0 Å². The third-order valence-electron chi connectivity index (χ3n) is 2.53. The molecular weight excluding hydrogens is 322 g/mol. The lowest BCUT2D eigenvalue weighted by atomic mass is 10.2. The Morgan fingerprint density at radius 3 is 2.75 bits per heavy atom. The molecule has 0 aliphatic heterocycles. The van der Waals surface area contributed by atoms with Crippen molar-refractivity contribution in [1.82, 2.24) is 4.98 Å². The van der Waals surface area contributed by atoms with Gasteiger partial charge in [-0.1, -0.05) is 15.9 Å². The Morgan fingerprint density at radius 1 is 1.35 bits per heavy atom. The van der Waals surface area contributed by atoms with Crippen LogP contribution in [0.25, 0.3) is 6.08 Å². The number of hydrogen-bond donors (Lipinski definition) is 1. The van der Waals surface area contributed by atoms with Gasteiger partial charge in [0.05, 0.1) is 0 Å². The van der Waals surface area contributed by atoms with E-state index in [1.807, 2.05) is 25.1 Å². The molecule has 0 unspecified atom stereocenters. The van der Waals surface area contributed by atoms with E-state index in [2.05, 4.69) is 20.9 Å². The number of benzene rings is 1. The van der Waals surface area contributed by atoms with E-state index in [0.717, 1.165) is 16.1 Å². The lowest BCUT2D eigenvalue weighted by Crippen LogP contribution is -1.89. The van der Waals surface area contributed by atoms with Crippen molar-refractivity contribution in [2.24, 2.45) is 0 Å². The smallest absolute Gasteiger partial charge is 0.328 e. The number of halogens is 1. The predicted octanol–water partition coefficient (Wildman–Crippen LogP) is 4.04. The zero-order valence-corrected chi connectivity index (χ0v) is 12.3. The lowest BCUT2D eigenvalue weighted by Gasteiger charge is -2.06. The van der Waals surface area contributed by atoms with Gasteiger partial charge in [0.1, 0.15) is 5.75 Å². The highest BCUT2D eigenvalue weighted by Crippen LogP contribution is 2.25. The molecule has 1 aromatic carbocycles. The second-order valence-electron chi connectivity index (χ2n) is 4.11. The highest BCUT2D eigenvalue weighted by Gasteiger charge is 2.01. The molecule has 2 aromatic rings. The van der Waals surface area contributed by atoms with Crippen molar-refractivity contribution in [2.75, 3.05) is 0 Å². The van der Waals surface area contributed by atoms with Crippen LogP contribution in [0.15, 0.2) is 47.1 Å². The van der Waals surface area contributed by atoms with Gasteiger partial charge in [-0.3, -0.25) is 0 Å². The largest absolute Gasteiger partial charge is 0.478 e. The summed E-state index contributed by atoms with van der Waals surface area (Å²) in [7, 11) is 0. The minimum Gasteiger partial charge on any atom is -0.478 e. The van der Waals surface area contributed by atoms with Gasteiger partial charge in [-0.2, -0.15) is 0 Å². The van der Waals surface area contributed by atoms with Crippen molar-refractivity contribution in [2.45, 2.75) is 6.92 Å². The number of hydrogen-bond acceptors (Lipinski definition) is 3. The summed E-state index contributed by atoms with van der Waals surface area (Å²) in [5.74, 6) is 0.168. The minimum atomic E-state index is -0.990. The van der Waals surface area contributed by atoms with E-state index in [1.54, 1.807) is 18.3 Å². The van der Waals surface area contributed by atoms with Gasteiger partial charge in [-0.15, -0.1) is 0 Å². The van der Waals surface area contributed by atoms with Crippen molar-refractivity contribution in [3.8, 4) is 11.6 Å². The number of rotatable bonds is 4. The van der Waals surface area contributed by atoms with Crippen molar-refractivity contribution in [3.05, 3.63) is 58.2 Å². The van der Waals surface area contributed by atoms with Crippen LogP contribution in [0.5, 0.6) is 11.6 Å². The topological polar surface area (TPSA) is 59.4 Å². The highest BCUT2D eigenvalue weighted by molar-refractivity contribution is 9.10. The number of carboxylic acids is 1. The Balaban J connectivity index is 2.10. The summed E-state index contributed by atoms with van der Waals surface area (Å²) in [5, 5.41) is 8.54. The second kappa shape index (κ2) is 6.34. The molecule has 1 heterocycles. The fraction of sp³-hybridized carbons (Fsp3) is 0.0667. The van der Waals surface area contributed by atoms with E-state index < -0.39 is 5.97 Å². The first-order chi connectivity index (χ1) is 9.54. The third-order valence-corrected chi connectivity index (χ3v) is 3.42. The molecule has 0 spiro atoms. The predicted molar refractivity (Wildman–Crippen MR) is 79.9 cm³/mol. The molecule has 1 aromatic heterocycles. The molecule has 0 saturated carbocycles. The van der Waals surface area contributed by atoms with Crippen molar-refractivity contribution in [3.63, 3.8) is 0 Å². The maximum Gasteiger partial charge on any atom is 0.328 e. The highest BCUT2D eigenvalue weighted by atomic mass is 79.9. The van der Waals surface area contributed by atoms with Gasteiger partial charge in [0.2, 0.25) is 5.88 Å². The summed E-state index contributed by atoms with van der Waals surface area (Å²) in [5.41, 5.74) is 1.77. The van der Waals surface area contributed by atoms with E-state index in [0.29, 0.717) is 17.2 Å². The summed E-state index contributed by atoms with van der Waals surface area (Å²) in [4.78, 5) is 14.5. The van der Waals surface area contributed by atoms with Crippen molar-refractivity contribution in [1.29, 1.82) is 0 Å². The normalized spacial score (nSPS) is 10.7. The Kier molecular flexibility index (Phi) is 4.53. The zero-order valence-electron chi connectivity index (χ0n) is 10.7. The van der Waals surface area contributed by atoms with Crippen LogP contribution < -0.4 is 4.74 Å². The number of pyridine rings is 1. The van der Waals surface area contributed by atoms with Crippen LogP contribution in [0.1, 0.15) is 11.1 Å². The molecule has 1 N–H and O–H groups in total. The Morgan fingerprint density at radius 2 is 2.15 bits per heavy atom. The summed E-state index contributed by atoms with van der Waals surface area (Å²) in [6.07, 6.45) is 4.10. The van der Waals surface area contributed by atoms with Crippen LogP contribution in [0.2, 0.25) is 0 Å². The van der Waals surface area contributed by atoms with Crippen LogP contribution in [-0.4, -0.2) is 16.1 Å². The maximum atomic E-state index is 10.4. The van der Waals surface area contributed by atoms with Crippen molar-refractivity contribution >= 4 is 28.0 Å². The number of aliphatic carboxylic acids is 1. The molecule has 0 aliphatic rings. The molecule has 0 amide bonds. The van der Waals surface area contributed by atoms with Gasteiger partial charge in [-0.25, -0.2) is 9.78 Å². The molecule has 102 valence electrons. The van der Waals surface area contributed by atoms with Crippen LogP contribution in [0, 0.1) is 6.92 Å². The average Bonchev–Trinajstić information content (AvgIpc) is 2.42. The number of carbonyl (C=O) groups is 1. The molecule has 5 heteroatoms. The molecule has 0 fully saturated rings. The molecule has 2 rings (SSSR count). The van der Waals surface area contributed by atoms with Crippen molar-refractivity contribution < 1.29 is 14.6 Å². The van der Waals surface area contributed by atoms with Gasteiger partial charge in [0, 0.05) is 22.8 Å². The quantitative estimate of drug-likeness (QED) is 0.857. The fourth-order valence-electron chi connectivity index (χ4n) is 1.52. The number of aromatic nitrogens is 1. The van der Waals surface area contributed by atoms with E-state index in [4.69, 9.17) is 9.84 Å². The van der Waals surface area contributed by atoms with Gasteiger partial charge < -0.3 is 9.84 Å². The first-order valence-electron chi connectivity index (χ1n) is 5.85. The molecule has 0 bridgehead atoms. The monoisotopic (exact) mass is 333 g/mol. The number of ether oxygens (including phenoxy) is 1. The summed E-state index contributed by atoms with van der Waals surface area (Å²) < 4.78 is 6.64. The number of aryl methyl sites for hydroxylation is 1. The zero-order chi connectivity index (χ0) is 14.5. The molecule has 4 nitrogen and oxygen atoms in total. The number of nitrogens with zero attached hydrogens (tertiary/aromatic N) is 1. The molecule has 0 aliphatic carbocycles. The minimum absolute atomic E-state index is 0.458. The summed E-state index contributed by atoms with van der Waals surface area (Å²) in [6, 6.07) is 9.10. The fourth-order valence-corrected chi connectivity index (χ4v) is 1.77. The van der Waals surface area contributed by atoms with Gasteiger partial charge in [-0.05, 0) is 48.4 Å². The third kappa shape index (κ3) is 3.93. The Labute approximate surface area is 124 Å². The SMILES string of the molecule is Cc1cc(Oc2ccc(/C=C/C(=O)O)cn2)ccc1Br.